The quantitative estimate of drug-likeness (QED) is 0.877. The molecule has 5 heteroatoms. The molecule has 124 valence electrons. The first kappa shape index (κ1) is 16.6. The summed E-state index contributed by atoms with van der Waals surface area (Å²) < 4.78 is 13.8. The van der Waals surface area contributed by atoms with Gasteiger partial charge in [-0.2, -0.15) is 0 Å². The lowest BCUT2D eigenvalue weighted by atomic mass is 10.1. The molecule has 1 saturated heterocycles. The van der Waals surface area contributed by atoms with Crippen LogP contribution >= 0.6 is 11.3 Å². The monoisotopic (exact) mass is 333 g/mol. The number of rotatable bonds is 6. The highest BCUT2D eigenvalue weighted by molar-refractivity contribution is 7.09. The maximum absolute atomic E-state index is 13.8. The van der Waals surface area contributed by atoms with E-state index in [1.54, 1.807) is 17.4 Å². The van der Waals surface area contributed by atoms with Crippen molar-refractivity contribution in [1.82, 2.24) is 15.2 Å². The lowest BCUT2D eigenvalue weighted by Crippen LogP contribution is -2.30. The Balaban J connectivity index is 1.73. The Morgan fingerprint density at radius 2 is 2.22 bits per heavy atom. The number of halogens is 1. The Bertz CT molecular complexity index is 649. The van der Waals surface area contributed by atoms with Gasteiger partial charge in [-0.05, 0) is 56.5 Å². The van der Waals surface area contributed by atoms with E-state index in [1.165, 1.54) is 11.3 Å². The molecule has 3 nitrogen and oxygen atoms in total. The van der Waals surface area contributed by atoms with Crippen LogP contribution in [0.15, 0.2) is 23.7 Å². The highest BCUT2D eigenvalue weighted by Crippen LogP contribution is 2.20. The average molecular weight is 333 g/mol. The molecule has 2 heterocycles. The summed E-state index contributed by atoms with van der Waals surface area (Å²) in [4.78, 5) is 8.10. The minimum atomic E-state index is -0.112. The molecule has 1 atom stereocenters. The van der Waals surface area contributed by atoms with Crippen molar-refractivity contribution in [1.29, 1.82) is 0 Å². The fourth-order valence-electron chi connectivity index (χ4n) is 3.09. The van der Waals surface area contributed by atoms with E-state index in [0.29, 0.717) is 11.5 Å². The van der Waals surface area contributed by atoms with Gasteiger partial charge in [-0.25, -0.2) is 9.37 Å². The summed E-state index contributed by atoms with van der Waals surface area (Å²) in [6.45, 7) is 8.78. The molecule has 0 radical (unpaired) electrons. The number of hydrogen-bond donors (Lipinski definition) is 1. The van der Waals surface area contributed by atoms with E-state index >= 15 is 0 Å². The van der Waals surface area contributed by atoms with Gasteiger partial charge in [0.1, 0.15) is 5.82 Å². The Morgan fingerprint density at radius 1 is 1.35 bits per heavy atom. The molecule has 1 aliphatic rings. The van der Waals surface area contributed by atoms with Gasteiger partial charge >= 0.3 is 0 Å². The van der Waals surface area contributed by atoms with Crippen LogP contribution in [0.5, 0.6) is 0 Å². The fourth-order valence-corrected chi connectivity index (χ4v) is 3.91. The van der Waals surface area contributed by atoms with Gasteiger partial charge in [0.15, 0.2) is 0 Å². The minimum absolute atomic E-state index is 0.112. The van der Waals surface area contributed by atoms with Crippen molar-refractivity contribution in [2.75, 3.05) is 19.6 Å². The summed E-state index contributed by atoms with van der Waals surface area (Å²) in [6.07, 6.45) is 1.22. The fraction of sp³-hybridized carbons (Fsp3) is 0.500. The van der Waals surface area contributed by atoms with Crippen molar-refractivity contribution in [3.8, 4) is 0 Å². The third-order valence-electron chi connectivity index (χ3n) is 4.53. The lowest BCUT2D eigenvalue weighted by molar-refractivity contribution is 0.222. The standard InChI is InChI=1S/C18H24FN3S/c1-13-3-4-15(7-17(13)19)9-22(10-16-5-6-20-8-16)11-18-14(2)21-12-23-18/h3-4,7,12,16,20H,5-6,8-11H2,1-2H3/t16-/m1/s1. The normalized spacial score (nSPS) is 18.0. The molecule has 1 N–H and O–H groups in total. The molecule has 0 saturated carbocycles. The SMILES string of the molecule is Cc1ccc(CN(Cc2scnc2C)C[C@@H]2CCNC2)cc1F. The summed E-state index contributed by atoms with van der Waals surface area (Å²) in [6, 6.07) is 5.59. The maximum atomic E-state index is 13.8. The molecule has 0 amide bonds. The molecule has 23 heavy (non-hydrogen) atoms. The predicted octanol–water partition coefficient (Wildman–Crippen LogP) is 3.51. The number of benzene rings is 1. The van der Waals surface area contributed by atoms with E-state index in [1.807, 2.05) is 24.6 Å². The number of aryl methyl sites for hydroxylation is 2. The molecular formula is C18H24FN3S. The molecule has 1 aromatic carbocycles. The largest absolute Gasteiger partial charge is 0.316 e. The second-order valence-electron chi connectivity index (χ2n) is 6.47. The highest BCUT2D eigenvalue weighted by Gasteiger charge is 2.20. The van der Waals surface area contributed by atoms with Crippen LogP contribution in [-0.2, 0) is 13.1 Å². The van der Waals surface area contributed by atoms with Gasteiger partial charge in [-0.15, -0.1) is 11.3 Å². The second kappa shape index (κ2) is 7.51. The molecular weight excluding hydrogens is 309 g/mol. The summed E-state index contributed by atoms with van der Waals surface area (Å²) in [5.74, 6) is 0.567. The number of aromatic nitrogens is 1. The Kier molecular flexibility index (Phi) is 5.41. The zero-order valence-corrected chi connectivity index (χ0v) is 14.6. The van der Waals surface area contributed by atoms with Crippen molar-refractivity contribution in [2.24, 2.45) is 5.92 Å². The van der Waals surface area contributed by atoms with Crippen LogP contribution in [0.25, 0.3) is 0 Å². The van der Waals surface area contributed by atoms with Crippen molar-refractivity contribution in [3.05, 3.63) is 51.2 Å². The summed E-state index contributed by atoms with van der Waals surface area (Å²) in [5, 5.41) is 3.43. The Labute approximate surface area is 141 Å². The molecule has 0 unspecified atom stereocenters. The first-order valence-corrected chi connectivity index (χ1v) is 9.07. The third kappa shape index (κ3) is 4.37. The van der Waals surface area contributed by atoms with Crippen LogP contribution in [0.1, 0.15) is 28.1 Å². The topological polar surface area (TPSA) is 28.2 Å². The van der Waals surface area contributed by atoms with E-state index < -0.39 is 0 Å². The van der Waals surface area contributed by atoms with Gasteiger partial charge in [-0.1, -0.05) is 12.1 Å². The molecule has 0 bridgehead atoms. The van der Waals surface area contributed by atoms with E-state index in [2.05, 4.69) is 22.1 Å². The highest BCUT2D eigenvalue weighted by atomic mass is 32.1. The van der Waals surface area contributed by atoms with E-state index in [0.717, 1.165) is 44.0 Å². The van der Waals surface area contributed by atoms with Crippen LogP contribution < -0.4 is 5.32 Å². The van der Waals surface area contributed by atoms with Gasteiger partial charge in [0.2, 0.25) is 0 Å². The van der Waals surface area contributed by atoms with Crippen LogP contribution in [-0.4, -0.2) is 29.5 Å². The van der Waals surface area contributed by atoms with Gasteiger partial charge in [0, 0.05) is 24.5 Å². The molecule has 1 aromatic heterocycles. The smallest absolute Gasteiger partial charge is 0.126 e. The Morgan fingerprint density at radius 3 is 2.87 bits per heavy atom. The zero-order chi connectivity index (χ0) is 16.2. The van der Waals surface area contributed by atoms with Crippen LogP contribution in [0, 0.1) is 25.6 Å². The van der Waals surface area contributed by atoms with Crippen molar-refractivity contribution >= 4 is 11.3 Å². The van der Waals surface area contributed by atoms with E-state index in [9.17, 15) is 4.39 Å². The molecule has 2 aromatic rings. The molecule has 3 rings (SSSR count). The summed E-state index contributed by atoms with van der Waals surface area (Å²) in [7, 11) is 0. The van der Waals surface area contributed by atoms with E-state index in [4.69, 9.17) is 0 Å². The van der Waals surface area contributed by atoms with Gasteiger partial charge < -0.3 is 5.32 Å². The molecule has 0 spiro atoms. The van der Waals surface area contributed by atoms with Gasteiger partial charge in [0.25, 0.3) is 0 Å². The third-order valence-corrected chi connectivity index (χ3v) is 5.45. The number of nitrogens with zero attached hydrogens (tertiary/aromatic N) is 2. The van der Waals surface area contributed by atoms with E-state index in [-0.39, 0.29) is 5.82 Å². The average Bonchev–Trinajstić information content (AvgIpc) is 3.16. The lowest BCUT2D eigenvalue weighted by Gasteiger charge is -2.25. The minimum Gasteiger partial charge on any atom is -0.316 e. The van der Waals surface area contributed by atoms with Gasteiger partial charge in [0.05, 0.1) is 11.2 Å². The number of hydrogen-bond acceptors (Lipinski definition) is 4. The maximum Gasteiger partial charge on any atom is 0.126 e. The molecule has 1 fully saturated rings. The predicted molar refractivity (Wildman–Crippen MR) is 93.1 cm³/mol. The zero-order valence-electron chi connectivity index (χ0n) is 13.8. The van der Waals surface area contributed by atoms with Crippen LogP contribution in [0.2, 0.25) is 0 Å². The molecule has 0 aliphatic carbocycles. The van der Waals surface area contributed by atoms with Gasteiger partial charge in [-0.3, -0.25) is 4.90 Å². The number of thiazole rings is 1. The van der Waals surface area contributed by atoms with Crippen molar-refractivity contribution < 1.29 is 4.39 Å². The summed E-state index contributed by atoms with van der Waals surface area (Å²) in [5.41, 5.74) is 4.77. The number of nitrogens with one attached hydrogen (secondary N) is 1. The van der Waals surface area contributed by atoms with Crippen molar-refractivity contribution in [2.45, 2.75) is 33.4 Å². The van der Waals surface area contributed by atoms with Crippen LogP contribution in [0.3, 0.4) is 0 Å². The first-order chi connectivity index (χ1) is 11.1. The molecule has 1 aliphatic heterocycles. The Hall–Kier alpha value is -1.30. The second-order valence-corrected chi connectivity index (χ2v) is 7.41. The van der Waals surface area contributed by atoms with Crippen LogP contribution in [0.4, 0.5) is 4.39 Å². The summed E-state index contributed by atoms with van der Waals surface area (Å²) >= 11 is 1.71. The van der Waals surface area contributed by atoms with Crippen molar-refractivity contribution in [3.63, 3.8) is 0 Å². The first-order valence-electron chi connectivity index (χ1n) is 8.19.